The molecule has 3 N–H and O–H groups in total. The van der Waals surface area contributed by atoms with Gasteiger partial charge < -0.3 is 39.4 Å². The maximum atomic E-state index is 14.3. The lowest BCUT2D eigenvalue weighted by atomic mass is 9.90. The molecule has 0 unspecified atom stereocenters. The Morgan fingerprint density at radius 3 is 2.29 bits per heavy atom. The van der Waals surface area contributed by atoms with Gasteiger partial charge in [-0.05, 0) is 48.3 Å². The predicted molar refractivity (Wildman–Crippen MR) is 198 cm³/mol. The zero-order valence-electron chi connectivity index (χ0n) is 30.8. The van der Waals surface area contributed by atoms with Crippen LogP contribution in [0.2, 0.25) is 0 Å². The molecule has 0 radical (unpaired) electrons. The van der Waals surface area contributed by atoms with Gasteiger partial charge in [-0.3, -0.25) is 9.59 Å². The number of likely N-dealkylation sites (N-methyl/N-ethyl adjacent to an activating group) is 1. The van der Waals surface area contributed by atoms with E-state index >= 15 is 0 Å². The molecule has 4 atom stereocenters. The Bertz CT molecular complexity index is 1470. The van der Waals surface area contributed by atoms with E-state index in [2.05, 4.69) is 19.2 Å². The summed E-state index contributed by atoms with van der Waals surface area (Å²) in [6.07, 6.45) is 10.6. The summed E-state index contributed by atoms with van der Waals surface area (Å²) in [6, 6.07) is 15.4. The Hall–Kier alpha value is -4.03. The standard InChI is InChI=1S/C41H56N2O9/c1-4-6-11-20-41(21-12-7-5-2)51-36-29-33(39(47)43(3)34(38(46)42-22-23-44)27-31-13-9-8-10-14-31)28-35(37(36)52-41)50-40(48)32-17-15-30(16-18-32)19-25-49-26-24-45/h8-10,13-19,25,29,34-37,44-45H,4-7,11-12,20-24,26-28H2,1-3H3,(H,42,46)/t34-,35-,36-,37+/m1/s1. The van der Waals surface area contributed by atoms with E-state index in [1.165, 1.54) is 11.2 Å². The van der Waals surface area contributed by atoms with Gasteiger partial charge in [0.25, 0.3) is 0 Å². The van der Waals surface area contributed by atoms with Crippen molar-refractivity contribution in [3.05, 3.63) is 89.2 Å². The molecule has 0 spiro atoms. The highest BCUT2D eigenvalue weighted by molar-refractivity contribution is 5.97. The van der Waals surface area contributed by atoms with E-state index in [0.717, 1.165) is 49.7 Å². The predicted octanol–water partition coefficient (Wildman–Crippen LogP) is 5.34. The summed E-state index contributed by atoms with van der Waals surface area (Å²) in [6.45, 7) is 4.24. The summed E-state index contributed by atoms with van der Waals surface area (Å²) in [4.78, 5) is 42.7. The van der Waals surface area contributed by atoms with Gasteiger partial charge in [0.1, 0.15) is 31.0 Å². The molecule has 2 amide bonds. The lowest BCUT2D eigenvalue weighted by Crippen LogP contribution is -2.51. The molecule has 1 aliphatic heterocycles. The normalized spacial score (nSPS) is 19.8. The van der Waals surface area contributed by atoms with Crippen molar-refractivity contribution in [3.63, 3.8) is 0 Å². The monoisotopic (exact) mass is 720 g/mol. The number of carbonyl (C=O) groups excluding carboxylic acids is 3. The molecular formula is C41H56N2O9. The van der Waals surface area contributed by atoms with Gasteiger partial charge in [-0.15, -0.1) is 0 Å². The van der Waals surface area contributed by atoms with E-state index in [4.69, 9.17) is 24.1 Å². The molecule has 1 fully saturated rings. The van der Waals surface area contributed by atoms with Crippen LogP contribution >= 0.6 is 0 Å². The van der Waals surface area contributed by atoms with Crippen molar-refractivity contribution in [1.82, 2.24) is 10.2 Å². The molecule has 2 aromatic rings. The van der Waals surface area contributed by atoms with Crippen LogP contribution in [-0.4, -0.2) is 96.5 Å². The fraction of sp³-hybridized carbons (Fsp3) is 0.537. The van der Waals surface area contributed by atoms with Gasteiger partial charge in [-0.2, -0.15) is 0 Å². The Morgan fingerprint density at radius 2 is 1.65 bits per heavy atom. The van der Waals surface area contributed by atoms with Crippen LogP contribution in [0.1, 0.15) is 93.1 Å². The van der Waals surface area contributed by atoms with Crippen molar-refractivity contribution in [1.29, 1.82) is 0 Å². The molecule has 1 saturated heterocycles. The SMILES string of the molecule is CCCCCC1(CCCCC)O[C@@H]2[C@@H](C=C(C(=O)N(C)[C@H](Cc3ccccc3)C(=O)NCCO)C[C@H]2OC(=O)c2ccc(C=COCCO)cc2)O1. The van der Waals surface area contributed by atoms with E-state index in [1.54, 1.807) is 43.5 Å². The van der Waals surface area contributed by atoms with Crippen LogP contribution in [-0.2, 0) is 35.0 Å². The van der Waals surface area contributed by atoms with Gasteiger partial charge >= 0.3 is 5.97 Å². The smallest absolute Gasteiger partial charge is 0.338 e. The van der Waals surface area contributed by atoms with E-state index in [1.807, 2.05) is 30.3 Å². The van der Waals surface area contributed by atoms with Crippen molar-refractivity contribution in [3.8, 4) is 0 Å². The summed E-state index contributed by atoms with van der Waals surface area (Å²) in [5, 5.41) is 21.0. The van der Waals surface area contributed by atoms with Crippen LogP contribution in [0.4, 0.5) is 0 Å². The van der Waals surface area contributed by atoms with Gasteiger partial charge in [0.2, 0.25) is 11.8 Å². The number of benzene rings is 2. The Labute approximate surface area is 308 Å². The van der Waals surface area contributed by atoms with Crippen LogP contribution < -0.4 is 5.32 Å². The molecular weight excluding hydrogens is 664 g/mol. The van der Waals surface area contributed by atoms with Crippen molar-refractivity contribution >= 4 is 23.9 Å². The number of nitrogens with one attached hydrogen (secondary N) is 1. The number of hydrogen-bond donors (Lipinski definition) is 3. The topological polar surface area (TPSA) is 144 Å². The molecule has 0 saturated carbocycles. The fourth-order valence-electron chi connectivity index (χ4n) is 6.68. The second-order valence-corrected chi connectivity index (χ2v) is 13.5. The molecule has 0 aromatic heterocycles. The first-order chi connectivity index (χ1) is 25.2. The minimum atomic E-state index is -0.864. The molecule has 11 heteroatoms. The summed E-state index contributed by atoms with van der Waals surface area (Å²) in [5.41, 5.74) is 2.39. The highest BCUT2D eigenvalue weighted by Gasteiger charge is 2.52. The summed E-state index contributed by atoms with van der Waals surface area (Å²) >= 11 is 0. The van der Waals surface area contributed by atoms with Crippen LogP contribution in [0.15, 0.2) is 72.5 Å². The van der Waals surface area contributed by atoms with Gasteiger partial charge in [-0.1, -0.05) is 82.0 Å². The molecule has 1 aliphatic carbocycles. The Kier molecular flexibility index (Phi) is 16.3. The number of fused-ring (bicyclic) bond motifs is 1. The maximum Gasteiger partial charge on any atom is 0.338 e. The largest absolute Gasteiger partial charge is 0.499 e. The van der Waals surface area contributed by atoms with Crippen molar-refractivity contribution in [2.24, 2.45) is 0 Å². The molecule has 284 valence electrons. The maximum absolute atomic E-state index is 14.3. The number of ether oxygens (including phenoxy) is 4. The van der Waals surface area contributed by atoms with Crippen LogP contribution in [0.3, 0.4) is 0 Å². The van der Waals surface area contributed by atoms with Gasteiger partial charge in [0, 0.05) is 44.8 Å². The number of rotatable bonds is 21. The van der Waals surface area contributed by atoms with Crippen molar-refractivity contribution in [2.75, 3.05) is 33.4 Å². The summed E-state index contributed by atoms with van der Waals surface area (Å²) in [5.74, 6) is -2.17. The minimum absolute atomic E-state index is 0.0642. The highest BCUT2D eigenvalue weighted by atomic mass is 16.8. The van der Waals surface area contributed by atoms with Crippen LogP contribution in [0.25, 0.3) is 6.08 Å². The molecule has 2 aromatic carbocycles. The number of esters is 1. The highest BCUT2D eigenvalue weighted by Crippen LogP contribution is 2.43. The third-order valence-electron chi connectivity index (χ3n) is 9.52. The van der Waals surface area contributed by atoms with Crippen molar-refractivity contribution in [2.45, 2.75) is 108 Å². The van der Waals surface area contributed by atoms with E-state index in [0.29, 0.717) is 24.0 Å². The lowest BCUT2D eigenvalue weighted by Gasteiger charge is -2.33. The van der Waals surface area contributed by atoms with Gasteiger partial charge in [-0.25, -0.2) is 4.79 Å². The number of hydrogen-bond acceptors (Lipinski definition) is 9. The minimum Gasteiger partial charge on any atom is -0.499 e. The molecule has 11 nitrogen and oxygen atoms in total. The summed E-state index contributed by atoms with van der Waals surface area (Å²) < 4.78 is 24.9. The average Bonchev–Trinajstić information content (AvgIpc) is 3.53. The number of carbonyl (C=O) groups is 3. The molecule has 0 bridgehead atoms. The number of aliphatic hydroxyl groups excluding tert-OH is 2. The fourth-order valence-corrected chi connectivity index (χ4v) is 6.68. The summed E-state index contributed by atoms with van der Waals surface area (Å²) in [7, 11) is 1.60. The third-order valence-corrected chi connectivity index (χ3v) is 9.52. The van der Waals surface area contributed by atoms with Gasteiger partial charge in [0.15, 0.2) is 5.79 Å². The Morgan fingerprint density at radius 1 is 0.962 bits per heavy atom. The zero-order chi connectivity index (χ0) is 37.3. The quantitative estimate of drug-likeness (QED) is 0.0885. The Balaban J connectivity index is 1.62. The number of amides is 2. The molecule has 52 heavy (non-hydrogen) atoms. The van der Waals surface area contributed by atoms with Gasteiger partial charge in [0.05, 0.1) is 25.0 Å². The number of nitrogens with zero attached hydrogens (tertiary/aromatic N) is 1. The first kappa shape index (κ1) is 40.7. The molecule has 2 aliphatic rings. The second-order valence-electron chi connectivity index (χ2n) is 13.5. The second kappa shape index (κ2) is 20.9. The molecule has 1 heterocycles. The van der Waals surface area contributed by atoms with Crippen LogP contribution in [0, 0.1) is 0 Å². The zero-order valence-corrected chi connectivity index (χ0v) is 30.8. The number of unbranched alkanes of at least 4 members (excludes halogenated alkanes) is 4. The van der Waals surface area contributed by atoms with E-state index in [-0.39, 0.29) is 51.0 Å². The first-order valence-corrected chi connectivity index (χ1v) is 18.7. The van der Waals surface area contributed by atoms with Crippen molar-refractivity contribution < 1.29 is 43.5 Å². The number of aliphatic hydroxyl groups is 2. The third kappa shape index (κ3) is 11.5. The van der Waals surface area contributed by atoms with Crippen LogP contribution in [0.5, 0.6) is 0 Å². The molecule has 4 rings (SSSR count). The first-order valence-electron chi connectivity index (χ1n) is 18.7. The average molecular weight is 721 g/mol. The lowest BCUT2D eigenvalue weighted by molar-refractivity contribution is -0.190. The van der Waals surface area contributed by atoms with E-state index in [9.17, 15) is 19.5 Å². The van der Waals surface area contributed by atoms with E-state index < -0.39 is 36.1 Å².